The molecule has 1 aliphatic heterocycles. The van der Waals surface area contributed by atoms with Crippen LogP contribution in [0.25, 0.3) is 0 Å². The van der Waals surface area contributed by atoms with Crippen molar-refractivity contribution in [2.75, 3.05) is 12.3 Å². The summed E-state index contributed by atoms with van der Waals surface area (Å²) in [6.45, 7) is 3.72. The molecular weight excluding hydrogens is 226 g/mol. The number of rotatable bonds is 3. The van der Waals surface area contributed by atoms with Gasteiger partial charge in [0.1, 0.15) is 5.82 Å². The highest BCUT2D eigenvalue weighted by Gasteiger charge is 2.21. The Balaban J connectivity index is 1.99. The van der Waals surface area contributed by atoms with Crippen molar-refractivity contribution in [1.82, 2.24) is 9.88 Å². The summed E-state index contributed by atoms with van der Waals surface area (Å²) in [5.74, 6) is 1.48. The fourth-order valence-electron chi connectivity index (χ4n) is 2.42. The van der Waals surface area contributed by atoms with E-state index >= 15 is 0 Å². The summed E-state index contributed by atoms with van der Waals surface area (Å²) in [7, 11) is 0. The van der Waals surface area contributed by atoms with Gasteiger partial charge in [-0.3, -0.25) is 4.79 Å². The number of nitrogen functional groups attached to an aromatic ring is 1. The molecule has 0 bridgehead atoms. The zero-order valence-electron chi connectivity index (χ0n) is 10.9. The van der Waals surface area contributed by atoms with Gasteiger partial charge in [-0.2, -0.15) is 0 Å². The Morgan fingerprint density at radius 2 is 2.28 bits per heavy atom. The van der Waals surface area contributed by atoms with Gasteiger partial charge in [0.15, 0.2) is 0 Å². The van der Waals surface area contributed by atoms with Gasteiger partial charge < -0.3 is 10.6 Å². The average molecular weight is 247 g/mol. The van der Waals surface area contributed by atoms with E-state index in [1.165, 1.54) is 6.42 Å². The second-order valence-electron chi connectivity index (χ2n) is 5.01. The molecule has 1 unspecified atom stereocenters. The lowest BCUT2D eigenvalue weighted by Crippen LogP contribution is -2.29. The van der Waals surface area contributed by atoms with Crippen LogP contribution in [-0.4, -0.2) is 22.3 Å². The van der Waals surface area contributed by atoms with Crippen LogP contribution in [-0.2, 0) is 11.3 Å². The van der Waals surface area contributed by atoms with Gasteiger partial charge in [0.2, 0.25) is 5.91 Å². The van der Waals surface area contributed by atoms with E-state index in [0.717, 1.165) is 24.9 Å². The first-order chi connectivity index (χ1) is 8.69. The molecule has 4 heteroatoms. The molecule has 0 radical (unpaired) electrons. The molecule has 0 spiro atoms. The highest BCUT2D eigenvalue weighted by molar-refractivity contribution is 5.76. The number of nitrogens with two attached hydrogens (primary N) is 1. The van der Waals surface area contributed by atoms with E-state index in [0.29, 0.717) is 24.7 Å². The summed E-state index contributed by atoms with van der Waals surface area (Å²) < 4.78 is 0. The molecule has 2 heterocycles. The van der Waals surface area contributed by atoms with E-state index in [-0.39, 0.29) is 5.91 Å². The predicted octanol–water partition coefficient (Wildman–Crippen LogP) is 2.20. The van der Waals surface area contributed by atoms with Crippen LogP contribution in [0.5, 0.6) is 0 Å². The highest BCUT2D eigenvalue weighted by atomic mass is 16.2. The molecule has 0 aromatic carbocycles. The molecule has 1 aromatic heterocycles. The van der Waals surface area contributed by atoms with Crippen LogP contribution in [0.4, 0.5) is 5.82 Å². The van der Waals surface area contributed by atoms with Crippen LogP contribution >= 0.6 is 0 Å². The number of nitrogens with zero attached hydrogens (tertiary/aromatic N) is 2. The largest absolute Gasteiger partial charge is 0.384 e. The molecule has 1 aromatic rings. The summed E-state index contributed by atoms with van der Waals surface area (Å²) in [6, 6.07) is 3.73. The fourth-order valence-corrected chi connectivity index (χ4v) is 2.42. The minimum atomic E-state index is 0.266. The van der Waals surface area contributed by atoms with Crippen molar-refractivity contribution in [3.8, 4) is 0 Å². The van der Waals surface area contributed by atoms with Crippen LogP contribution in [0.3, 0.4) is 0 Å². The molecule has 2 rings (SSSR count). The molecule has 1 amide bonds. The Bertz CT molecular complexity index is 402. The SMILES string of the molecule is CCC1CCC(=O)N(Cc2ccc(N)nc2)CC1. The monoisotopic (exact) mass is 247 g/mol. The van der Waals surface area contributed by atoms with E-state index in [1.54, 1.807) is 12.3 Å². The van der Waals surface area contributed by atoms with E-state index in [9.17, 15) is 4.79 Å². The Hall–Kier alpha value is -1.58. The molecule has 0 aliphatic carbocycles. The number of anilines is 1. The zero-order chi connectivity index (χ0) is 13.0. The molecule has 1 aliphatic rings. The third-order valence-electron chi connectivity index (χ3n) is 3.72. The van der Waals surface area contributed by atoms with Gasteiger partial charge >= 0.3 is 0 Å². The number of likely N-dealkylation sites (tertiary alicyclic amines) is 1. The average Bonchev–Trinajstić information content (AvgIpc) is 2.55. The number of pyridine rings is 1. The Morgan fingerprint density at radius 1 is 1.44 bits per heavy atom. The molecule has 98 valence electrons. The van der Waals surface area contributed by atoms with Gasteiger partial charge in [0, 0.05) is 25.7 Å². The molecule has 2 N–H and O–H groups in total. The topological polar surface area (TPSA) is 59.2 Å². The third kappa shape index (κ3) is 3.22. The fraction of sp³-hybridized carbons (Fsp3) is 0.571. The summed E-state index contributed by atoms with van der Waals surface area (Å²) in [4.78, 5) is 18.0. The summed E-state index contributed by atoms with van der Waals surface area (Å²) in [5.41, 5.74) is 6.61. The van der Waals surface area contributed by atoms with E-state index in [2.05, 4.69) is 11.9 Å². The van der Waals surface area contributed by atoms with Crippen molar-refractivity contribution >= 4 is 11.7 Å². The lowest BCUT2D eigenvalue weighted by molar-refractivity contribution is -0.131. The third-order valence-corrected chi connectivity index (χ3v) is 3.72. The Labute approximate surface area is 108 Å². The van der Waals surface area contributed by atoms with Gasteiger partial charge in [-0.05, 0) is 30.4 Å². The van der Waals surface area contributed by atoms with E-state index < -0.39 is 0 Å². The van der Waals surface area contributed by atoms with Crippen molar-refractivity contribution in [3.05, 3.63) is 23.9 Å². The maximum atomic E-state index is 12.0. The maximum absolute atomic E-state index is 12.0. The molecule has 18 heavy (non-hydrogen) atoms. The van der Waals surface area contributed by atoms with Gasteiger partial charge in [0.05, 0.1) is 0 Å². The van der Waals surface area contributed by atoms with Crippen LogP contribution < -0.4 is 5.73 Å². The van der Waals surface area contributed by atoms with Crippen molar-refractivity contribution in [2.24, 2.45) is 5.92 Å². The van der Waals surface area contributed by atoms with Crippen molar-refractivity contribution in [3.63, 3.8) is 0 Å². The van der Waals surface area contributed by atoms with Gasteiger partial charge in [-0.15, -0.1) is 0 Å². The van der Waals surface area contributed by atoms with Crippen molar-refractivity contribution in [1.29, 1.82) is 0 Å². The van der Waals surface area contributed by atoms with Crippen molar-refractivity contribution < 1.29 is 4.79 Å². The first-order valence-corrected chi connectivity index (χ1v) is 6.67. The molecule has 1 fully saturated rings. The minimum absolute atomic E-state index is 0.266. The number of aromatic nitrogens is 1. The van der Waals surface area contributed by atoms with Crippen molar-refractivity contribution in [2.45, 2.75) is 39.2 Å². The lowest BCUT2D eigenvalue weighted by atomic mass is 9.98. The molecule has 1 saturated heterocycles. The number of carbonyl (C=O) groups is 1. The normalized spacial score (nSPS) is 20.8. The minimum Gasteiger partial charge on any atom is -0.384 e. The lowest BCUT2D eigenvalue weighted by Gasteiger charge is -2.20. The number of carbonyl (C=O) groups excluding carboxylic acids is 1. The van der Waals surface area contributed by atoms with Gasteiger partial charge in [0.25, 0.3) is 0 Å². The number of hydrogen-bond acceptors (Lipinski definition) is 3. The number of hydrogen-bond donors (Lipinski definition) is 1. The smallest absolute Gasteiger partial charge is 0.222 e. The maximum Gasteiger partial charge on any atom is 0.222 e. The second-order valence-corrected chi connectivity index (χ2v) is 5.01. The highest BCUT2D eigenvalue weighted by Crippen LogP contribution is 2.22. The number of amides is 1. The predicted molar refractivity (Wildman–Crippen MR) is 71.7 cm³/mol. The zero-order valence-corrected chi connectivity index (χ0v) is 10.9. The first kappa shape index (κ1) is 12.9. The molecule has 1 atom stereocenters. The standard InChI is InChI=1S/C14H21N3O/c1-2-11-4-6-14(18)17(8-7-11)10-12-3-5-13(15)16-9-12/h3,5,9,11H,2,4,6-8,10H2,1H3,(H2,15,16). The van der Waals surface area contributed by atoms with Crippen LogP contribution in [0.2, 0.25) is 0 Å². The Kier molecular flexibility index (Phi) is 4.18. The van der Waals surface area contributed by atoms with E-state index in [4.69, 9.17) is 5.73 Å². The van der Waals surface area contributed by atoms with Crippen LogP contribution in [0, 0.1) is 5.92 Å². The quantitative estimate of drug-likeness (QED) is 0.890. The molecule has 0 saturated carbocycles. The molecule has 4 nitrogen and oxygen atoms in total. The van der Waals surface area contributed by atoms with Crippen LogP contribution in [0.1, 0.15) is 38.2 Å². The second kappa shape index (κ2) is 5.85. The summed E-state index contributed by atoms with van der Waals surface area (Å²) >= 11 is 0. The summed E-state index contributed by atoms with van der Waals surface area (Å²) in [6.07, 6.45) is 5.76. The molecular formula is C14H21N3O. The summed E-state index contributed by atoms with van der Waals surface area (Å²) in [5, 5.41) is 0. The first-order valence-electron chi connectivity index (χ1n) is 6.67. The Morgan fingerprint density at radius 3 is 2.94 bits per heavy atom. The van der Waals surface area contributed by atoms with Gasteiger partial charge in [-0.25, -0.2) is 4.98 Å². The van der Waals surface area contributed by atoms with Gasteiger partial charge in [-0.1, -0.05) is 19.4 Å². The van der Waals surface area contributed by atoms with Crippen LogP contribution in [0.15, 0.2) is 18.3 Å². The van der Waals surface area contributed by atoms with E-state index in [1.807, 2.05) is 11.0 Å².